The molecule has 1 atom stereocenters. The minimum absolute atomic E-state index is 0.688. The van der Waals surface area contributed by atoms with Gasteiger partial charge in [0.25, 0.3) is 0 Å². The third-order valence-corrected chi connectivity index (χ3v) is 4.58. The van der Waals surface area contributed by atoms with E-state index in [4.69, 9.17) is 0 Å². The van der Waals surface area contributed by atoms with Gasteiger partial charge >= 0.3 is 0 Å². The number of nitrogens with zero attached hydrogens (tertiary/aromatic N) is 1. The summed E-state index contributed by atoms with van der Waals surface area (Å²) >= 11 is 2.24. The van der Waals surface area contributed by atoms with Gasteiger partial charge in [0, 0.05) is 11.3 Å². The Hall–Kier alpha value is 0.310. The van der Waals surface area contributed by atoms with Crippen LogP contribution in [0.5, 0.6) is 0 Å². The lowest BCUT2D eigenvalue weighted by atomic mass is 10.00. The van der Waals surface area contributed by atoms with Crippen molar-refractivity contribution in [2.24, 2.45) is 0 Å². The zero-order valence-electron chi connectivity index (χ0n) is 9.31. The third-order valence-electron chi connectivity index (χ3n) is 2.94. The summed E-state index contributed by atoms with van der Waals surface area (Å²) in [7, 11) is 2.25. The van der Waals surface area contributed by atoms with Gasteiger partial charge in [0.15, 0.2) is 0 Å². The van der Waals surface area contributed by atoms with Crippen LogP contribution < -0.4 is 0 Å². The Balaban J connectivity index is 0.000000396. The molecule has 0 N–H and O–H groups in total. The molecular formula is C11H23NS. The molecular weight excluding hydrogens is 178 g/mol. The highest BCUT2D eigenvalue weighted by molar-refractivity contribution is 8.00. The first-order valence-electron chi connectivity index (χ1n) is 5.63. The van der Waals surface area contributed by atoms with Gasteiger partial charge in [-0.1, -0.05) is 20.3 Å². The van der Waals surface area contributed by atoms with Gasteiger partial charge in [-0.2, -0.15) is 11.8 Å². The summed E-state index contributed by atoms with van der Waals surface area (Å²) in [6, 6.07) is 0. The minimum atomic E-state index is 0.688. The topological polar surface area (TPSA) is 3.24 Å². The Bertz CT molecular complexity index is 136. The van der Waals surface area contributed by atoms with E-state index in [0.29, 0.717) is 4.75 Å². The first kappa shape index (κ1) is 11.4. The van der Waals surface area contributed by atoms with Crippen molar-refractivity contribution >= 4 is 11.8 Å². The first-order chi connectivity index (χ1) is 6.31. The van der Waals surface area contributed by atoms with E-state index < -0.39 is 0 Å². The van der Waals surface area contributed by atoms with Crippen molar-refractivity contribution in [2.45, 2.75) is 44.3 Å². The van der Waals surface area contributed by atoms with Crippen molar-refractivity contribution in [1.82, 2.24) is 4.90 Å². The molecule has 0 bridgehead atoms. The number of hydrogen-bond acceptors (Lipinski definition) is 2. The van der Waals surface area contributed by atoms with Gasteiger partial charge in [0.2, 0.25) is 0 Å². The van der Waals surface area contributed by atoms with Gasteiger partial charge in [0.05, 0.1) is 0 Å². The lowest BCUT2D eigenvalue weighted by molar-refractivity contribution is 0.395. The maximum absolute atomic E-state index is 2.48. The van der Waals surface area contributed by atoms with Crippen LogP contribution in [0.25, 0.3) is 0 Å². The van der Waals surface area contributed by atoms with Crippen LogP contribution in [-0.2, 0) is 0 Å². The highest BCUT2D eigenvalue weighted by atomic mass is 32.2. The van der Waals surface area contributed by atoms with E-state index in [0.717, 1.165) is 0 Å². The molecule has 2 heteroatoms. The summed E-state index contributed by atoms with van der Waals surface area (Å²) in [6.45, 7) is 6.67. The molecule has 0 amide bonds. The number of rotatable bonds is 0. The van der Waals surface area contributed by atoms with Crippen molar-refractivity contribution in [1.29, 1.82) is 0 Å². The van der Waals surface area contributed by atoms with Crippen LogP contribution in [0.15, 0.2) is 0 Å². The lowest BCUT2D eigenvalue weighted by Gasteiger charge is -2.32. The summed E-state index contributed by atoms with van der Waals surface area (Å²) in [5.41, 5.74) is 0. The second-order valence-corrected chi connectivity index (χ2v) is 5.54. The summed E-state index contributed by atoms with van der Waals surface area (Å²) in [5.74, 6) is 1.41. The summed E-state index contributed by atoms with van der Waals surface area (Å²) in [5, 5.41) is 0. The molecule has 13 heavy (non-hydrogen) atoms. The molecule has 0 aliphatic carbocycles. The van der Waals surface area contributed by atoms with E-state index in [9.17, 15) is 0 Å². The molecule has 1 spiro atoms. The average Bonchev–Trinajstić information content (AvgIpc) is 2.52. The lowest BCUT2D eigenvalue weighted by Crippen LogP contribution is -2.31. The molecule has 2 rings (SSSR count). The maximum atomic E-state index is 2.48. The SMILES string of the molecule is CC.CN1CCC2(CCCCS2)C1. The van der Waals surface area contributed by atoms with Gasteiger partial charge in [-0.3, -0.25) is 0 Å². The Morgan fingerprint density at radius 2 is 1.92 bits per heavy atom. The summed E-state index contributed by atoms with van der Waals surface area (Å²) in [6.07, 6.45) is 5.84. The zero-order chi connectivity index (χ0) is 9.73. The molecule has 2 fully saturated rings. The molecule has 1 nitrogen and oxygen atoms in total. The fourth-order valence-corrected chi connectivity index (χ4v) is 3.89. The predicted octanol–water partition coefficient (Wildman–Crippen LogP) is 3.00. The fraction of sp³-hybridized carbons (Fsp3) is 1.00. The number of hydrogen-bond donors (Lipinski definition) is 0. The number of likely N-dealkylation sites (tertiary alicyclic amines) is 1. The summed E-state index contributed by atoms with van der Waals surface area (Å²) < 4.78 is 0.688. The van der Waals surface area contributed by atoms with Gasteiger partial charge in [-0.15, -0.1) is 0 Å². The van der Waals surface area contributed by atoms with Gasteiger partial charge in [-0.05, 0) is 38.6 Å². The number of thioether (sulfide) groups is 1. The van der Waals surface area contributed by atoms with Crippen LogP contribution in [0.1, 0.15) is 39.5 Å². The monoisotopic (exact) mass is 201 g/mol. The maximum Gasteiger partial charge on any atom is 0.0299 e. The first-order valence-corrected chi connectivity index (χ1v) is 6.62. The van der Waals surface area contributed by atoms with E-state index >= 15 is 0 Å². The molecule has 1 unspecified atom stereocenters. The van der Waals surface area contributed by atoms with E-state index in [1.807, 2.05) is 13.8 Å². The minimum Gasteiger partial charge on any atom is -0.305 e. The van der Waals surface area contributed by atoms with Gasteiger partial charge in [0.1, 0.15) is 0 Å². The highest BCUT2D eigenvalue weighted by Crippen LogP contribution is 2.42. The molecule has 78 valence electrons. The quantitative estimate of drug-likeness (QED) is 0.593. The second-order valence-electron chi connectivity index (χ2n) is 3.98. The standard InChI is InChI=1S/C9H17NS.C2H6/c1-10-6-5-9(8-10)4-2-3-7-11-9;1-2/h2-8H2,1H3;1-2H3. The summed E-state index contributed by atoms with van der Waals surface area (Å²) in [4.78, 5) is 2.48. The van der Waals surface area contributed by atoms with Crippen LogP contribution in [0.3, 0.4) is 0 Å². The van der Waals surface area contributed by atoms with E-state index in [-0.39, 0.29) is 0 Å². The molecule has 2 aliphatic heterocycles. The molecule has 2 saturated heterocycles. The predicted molar refractivity (Wildman–Crippen MR) is 62.5 cm³/mol. The normalized spacial score (nSPS) is 34.4. The smallest absolute Gasteiger partial charge is 0.0299 e. The zero-order valence-corrected chi connectivity index (χ0v) is 10.1. The Labute approximate surface area is 87.3 Å². The molecule has 0 aromatic heterocycles. The molecule has 0 aromatic carbocycles. The second kappa shape index (κ2) is 5.26. The Morgan fingerprint density at radius 1 is 1.15 bits per heavy atom. The van der Waals surface area contributed by atoms with Crippen LogP contribution >= 0.6 is 11.8 Å². The largest absolute Gasteiger partial charge is 0.305 e. The van der Waals surface area contributed by atoms with Crippen molar-refractivity contribution in [3.05, 3.63) is 0 Å². The highest BCUT2D eigenvalue weighted by Gasteiger charge is 2.37. The Kier molecular flexibility index (Phi) is 4.60. The molecule has 2 heterocycles. The Morgan fingerprint density at radius 3 is 2.38 bits per heavy atom. The van der Waals surface area contributed by atoms with Crippen LogP contribution in [0.4, 0.5) is 0 Å². The molecule has 0 saturated carbocycles. The van der Waals surface area contributed by atoms with E-state index in [1.54, 1.807) is 0 Å². The van der Waals surface area contributed by atoms with Gasteiger partial charge < -0.3 is 4.90 Å². The molecule has 0 radical (unpaired) electrons. The van der Waals surface area contributed by atoms with Crippen molar-refractivity contribution in [3.63, 3.8) is 0 Å². The van der Waals surface area contributed by atoms with Crippen molar-refractivity contribution in [2.75, 3.05) is 25.9 Å². The average molecular weight is 201 g/mol. The van der Waals surface area contributed by atoms with Crippen molar-refractivity contribution in [3.8, 4) is 0 Å². The van der Waals surface area contributed by atoms with Crippen LogP contribution in [0, 0.1) is 0 Å². The third kappa shape index (κ3) is 2.88. The fourth-order valence-electron chi connectivity index (χ4n) is 2.28. The van der Waals surface area contributed by atoms with Crippen LogP contribution in [0.2, 0.25) is 0 Å². The van der Waals surface area contributed by atoms with E-state index in [2.05, 4.69) is 23.7 Å². The molecule has 2 aliphatic rings. The molecule has 0 aromatic rings. The van der Waals surface area contributed by atoms with Gasteiger partial charge in [-0.25, -0.2) is 0 Å². The van der Waals surface area contributed by atoms with Crippen molar-refractivity contribution < 1.29 is 0 Å². The van der Waals surface area contributed by atoms with E-state index in [1.165, 1.54) is 44.5 Å². The van der Waals surface area contributed by atoms with Crippen LogP contribution in [-0.4, -0.2) is 35.5 Å².